The van der Waals surface area contributed by atoms with Crippen molar-refractivity contribution in [1.29, 1.82) is 0 Å². The van der Waals surface area contributed by atoms with E-state index >= 15 is 0 Å². The molecule has 3 rings (SSSR count). The van der Waals surface area contributed by atoms with Gasteiger partial charge in [-0.05, 0) is 12.8 Å². The fourth-order valence-electron chi connectivity index (χ4n) is 3.74. The minimum Gasteiger partial charge on any atom is -0.383 e. The molecule has 3 aliphatic rings. The van der Waals surface area contributed by atoms with Crippen LogP contribution >= 0.6 is 0 Å². The molecule has 0 aromatic rings. The van der Waals surface area contributed by atoms with Crippen LogP contribution in [0.3, 0.4) is 0 Å². The summed E-state index contributed by atoms with van der Waals surface area (Å²) in [5.41, 5.74) is 0. The normalized spacial score (nSPS) is 27.2. The number of amides is 3. The van der Waals surface area contributed by atoms with Crippen molar-refractivity contribution in [2.75, 3.05) is 59.6 Å². The molecule has 8 nitrogen and oxygen atoms in total. The first-order chi connectivity index (χ1) is 12.1. The number of carbonyl (C=O) groups is 3. The summed E-state index contributed by atoms with van der Waals surface area (Å²) >= 11 is 0. The van der Waals surface area contributed by atoms with E-state index in [9.17, 15) is 14.4 Å². The number of likely N-dealkylation sites (tertiary alicyclic amines) is 1. The molecule has 3 heterocycles. The summed E-state index contributed by atoms with van der Waals surface area (Å²) in [6.07, 6.45) is 1.70. The van der Waals surface area contributed by atoms with Crippen LogP contribution in [0, 0.1) is 5.92 Å². The minimum atomic E-state index is -0.302. The van der Waals surface area contributed by atoms with Gasteiger partial charge in [0.25, 0.3) is 5.91 Å². The average Bonchev–Trinajstić information content (AvgIpc) is 3.29. The van der Waals surface area contributed by atoms with Gasteiger partial charge in [0, 0.05) is 59.4 Å². The van der Waals surface area contributed by atoms with E-state index in [1.54, 1.807) is 21.8 Å². The van der Waals surface area contributed by atoms with Crippen molar-refractivity contribution in [3.63, 3.8) is 0 Å². The fourth-order valence-corrected chi connectivity index (χ4v) is 3.74. The zero-order chi connectivity index (χ0) is 17.8. The lowest BCUT2D eigenvalue weighted by Gasteiger charge is -2.36. The molecular weight excluding hydrogens is 326 g/mol. The second kappa shape index (κ2) is 8.14. The molecule has 0 aromatic carbocycles. The molecule has 0 radical (unpaired) electrons. The molecule has 0 aromatic heterocycles. The molecule has 140 valence electrons. The SMILES string of the molecule is COCCN1CC(C(=O)N2CCN(C(=O)C3CCCO3)CC2)CC1=O. The fraction of sp³-hybridized carbons (Fsp3) is 0.824. The number of hydrogen-bond acceptors (Lipinski definition) is 5. The van der Waals surface area contributed by atoms with E-state index in [1.807, 2.05) is 0 Å². The van der Waals surface area contributed by atoms with Crippen molar-refractivity contribution < 1.29 is 23.9 Å². The maximum atomic E-state index is 12.7. The summed E-state index contributed by atoms with van der Waals surface area (Å²) in [5.74, 6) is -0.184. The first-order valence-corrected chi connectivity index (χ1v) is 9.06. The number of rotatable bonds is 5. The lowest BCUT2D eigenvalue weighted by atomic mass is 10.1. The highest BCUT2D eigenvalue weighted by atomic mass is 16.5. The maximum absolute atomic E-state index is 12.7. The van der Waals surface area contributed by atoms with Gasteiger partial charge in [-0.25, -0.2) is 0 Å². The Labute approximate surface area is 148 Å². The molecule has 0 N–H and O–H groups in total. The van der Waals surface area contributed by atoms with Crippen LogP contribution in [-0.4, -0.2) is 98.1 Å². The Kier molecular flexibility index (Phi) is 5.90. The molecule has 0 aliphatic carbocycles. The molecule has 0 saturated carbocycles. The monoisotopic (exact) mass is 353 g/mol. The summed E-state index contributed by atoms with van der Waals surface area (Å²) in [7, 11) is 1.60. The number of hydrogen-bond donors (Lipinski definition) is 0. The predicted octanol–water partition coefficient (Wildman–Crippen LogP) is -0.669. The number of piperazine rings is 1. The topological polar surface area (TPSA) is 79.4 Å². The van der Waals surface area contributed by atoms with Crippen LogP contribution < -0.4 is 0 Å². The molecule has 8 heteroatoms. The summed E-state index contributed by atoms with van der Waals surface area (Å²) in [5, 5.41) is 0. The van der Waals surface area contributed by atoms with Crippen LogP contribution in [0.4, 0.5) is 0 Å². The molecular formula is C17H27N3O5. The van der Waals surface area contributed by atoms with Gasteiger partial charge in [-0.15, -0.1) is 0 Å². The molecule has 0 spiro atoms. The highest BCUT2D eigenvalue weighted by Crippen LogP contribution is 2.21. The standard InChI is InChI=1S/C17H27N3O5/c1-24-10-8-20-12-13(11-15(20)21)16(22)18-4-6-19(7-5-18)17(23)14-3-2-9-25-14/h13-14H,2-12H2,1H3. The van der Waals surface area contributed by atoms with E-state index in [0.29, 0.717) is 52.5 Å². The highest BCUT2D eigenvalue weighted by Gasteiger charge is 2.38. The quantitative estimate of drug-likeness (QED) is 0.655. The predicted molar refractivity (Wildman–Crippen MR) is 88.7 cm³/mol. The zero-order valence-corrected chi connectivity index (χ0v) is 14.8. The van der Waals surface area contributed by atoms with Crippen molar-refractivity contribution in [2.24, 2.45) is 5.92 Å². The largest absolute Gasteiger partial charge is 0.383 e. The third kappa shape index (κ3) is 4.12. The Morgan fingerprint density at radius 3 is 2.44 bits per heavy atom. The van der Waals surface area contributed by atoms with Gasteiger partial charge in [0.1, 0.15) is 6.10 Å². The van der Waals surface area contributed by atoms with Crippen LogP contribution in [0.25, 0.3) is 0 Å². The molecule has 2 unspecified atom stereocenters. The minimum absolute atomic E-state index is 0.0163. The maximum Gasteiger partial charge on any atom is 0.251 e. The van der Waals surface area contributed by atoms with Crippen molar-refractivity contribution in [3.05, 3.63) is 0 Å². The number of nitrogens with zero attached hydrogens (tertiary/aromatic N) is 3. The lowest BCUT2D eigenvalue weighted by Crippen LogP contribution is -2.54. The molecule has 3 fully saturated rings. The van der Waals surface area contributed by atoms with Crippen LogP contribution in [0.5, 0.6) is 0 Å². The number of carbonyl (C=O) groups excluding carboxylic acids is 3. The second-order valence-corrected chi connectivity index (χ2v) is 6.89. The van der Waals surface area contributed by atoms with Gasteiger partial charge in [-0.1, -0.05) is 0 Å². The molecule has 25 heavy (non-hydrogen) atoms. The third-order valence-corrected chi connectivity index (χ3v) is 5.24. The number of methoxy groups -OCH3 is 1. The van der Waals surface area contributed by atoms with Gasteiger partial charge in [0.05, 0.1) is 12.5 Å². The van der Waals surface area contributed by atoms with Gasteiger partial charge in [-0.2, -0.15) is 0 Å². The third-order valence-electron chi connectivity index (χ3n) is 5.24. The molecule has 2 atom stereocenters. The second-order valence-electron chi connectivity index (χ2n) is 6.89. The Hall–Kier alpha value is -1.67. The van der Waals surface area contributed by atoms with E-state index in [4.69, 9.17) is 9.47 Å². The Bertz CT molecular complexity index is 512. The van der Waals surface area contributed by atoms with E-state index < -0.39 is 0 Å². The Morgan fingerprint density at radius 1 is 1.16 bits per heavy atom. The summed E-state index contributed by atoms with van der Waals surface area (Å²) in [6.45, 7) is 4.27. The van der Waals surface area contributed by atoms with Crippen LogP contribution in [0.1, 0.15) is 19.3 Å². The highest BCUT2D eigenvalue weighted by molar-refractivity contribution is 5.89. The summed E-state index contributed by atoms with van der Waals surface area (Å²) < 4.78 is 10.5. The van der Waals surface area contributed by atoms with Crippen molar-refractivity contribution in [2.45, 2.75) is 25.4 Å². The molecule has 3 aliphatic heterocycles. The zero-order valence-electron chi connectivity index (χ0n) is 14.8. The van der Waals surface area contributed by atoms with Crippen molar-refractivity contribution in [3.8, 4) is 0 Å². The average molecular weight is 353 g/mol. The van der Waals surface area contributed by atoms with Crippen LogP contribution in [0.2, 0.25) is 0 Å². The summed E-state index contributed by atoms with van der Waals surface area (Å²) in [4.78, 5) is 42.3. The van der Waals surface area contributed by atoms with Crippen LogP contribution in [-0.2, 0) is 23.9 Å². The van der Waals surface area contributed by atoms with E-state index in [0.717, 1.165) is 12.8 Å². The Balaban J connectivity index is 1.47. The van der Waals surface area contributed by atoms with Crippen molar-refractivity contribution in [1.82, 2.24) is 14.7 Å². The van der Waals surface area contributed by atoms with E-state index in [-0.39, 0.29) is 36.2 Å². The first-order valence-electron chi connectivity index (χ1n) is 9.06. The first kappa shape index (κ1) is 18.1. The Morgan fingerprint density at radius 2 is 1.84 bits per heavy atom. The van der Waals surface area contributed by atoms with Crippen LogP contribution in [0.15, 0.2) is 0 Å². The molecule has 3 amide bonds. The van der Waals surface area contributed by atoms with Gasteiger partial charge >= 0.3 is 0 Å². The van der Waals surface area contributed by atoms with Gasteiger partial charge in [0.15, 0.2) is 0 Å². The molecule has 3 saturated heterocycles. The van der Waals surface area contributed by atoms with Gasteiger partial charge < -0.3 is 24.2 Å². The van der Waals surface area contributed by atoms with Crippen molar-refractivity contribution >= 4 is 17.7 Å². The number of ether oxygens (including phenoxy) is 2. The lowest BCUT2D eigenvalue weighted by molar-refractivity contribution is -0.147. The van der Waals surface area contributed by atoms with Gasteiger partial charge in [0.2, 0.25) is 11.8 Å². The smallest absolute Gasteiger partial charge is 0.251 e. The van der Waals surface area contributed by atoms with Gasteiger partial charge in [-0.3, -0.25) is 14.4 Å². The molecule has 0 bridgehead atoms. The summed E-state index contributed by atoms with van der Waals surface area (Å²) in [6, 6.07) is 0. The van der Waals surface area contributed by atoms with E-state index in [2.05, 4.69) is 0 Å². The van der Waals surface area contributed by atoms with E-state index in [1.165, 1.54) is 0 Å².